The predicted octanol–water partition coefficient (Wildman–Crippen LogP) is 8.52. The molecule has 0 spiro atoms. The highest BCUT2D eigenvalue weighted by molar-refractivity contribution is 7.47. The number of carboxylic acid groups (broad SMARTS) is 1. The molecule has 3 atom stereocenters. The van der Waals surface area contributed by atoms with Crippen LogP contribution < -0.4 is 5.73 Å². The molecule has 0 saturated carbocycles. The monoisotopic (exact) mass is 683 g/mol. The molecule has 270 valence electrons. The highest BCUT2D eigenvalue weighted by atomic mass is 31.2. The van der Waals surface area contributed by atoms with Crippen molar-refractivity contribution in [1.29, 1.82) is 0 Å². The van der Waals surface area contributed by atoms with Crippen LogP contribution in [0.15, 0.2) is 60.8 Å². The van der Waals surface area contributed by atoms with E-state index in [0.29, 0.717) is 13.0 Å². The summed E-state index contributed by atoms with van der Waals surface area (Å²) in [5.41, 5.74) is 5.32. The molecule has 0 aromatic heterocycles. The van der Waals surface area contributed by atoms with Crippen LogP contribution in [-0.2, 0) is 32.7 Å². The third kappa shape index (κ3) is 32.0. The maximum absolute atomic E-state index is 12.5. The van der Waals surface area contributed by atoms with Crippen molar-refractivity contribution in [3.8, 4) is 0 Å². The van der Waals surface area contributed by atoms with E-state index in [0.717, 1.165) is 51.4 Å². The lowest BCUT2D eigenvalue weighted by molar-refractivity contribution is -0.154. The highest BCUT2D eigenvalue weighted by Gasteiger charge is 2.27. The van der Waals surface area contributed by atoms with Crippen LogP contribution in [0.1, 0.15) is 117 Å². The molecule has 0 aliphatic heterocycles. The van der Waals surface area contributed by atoms with Crippen LogP contribution in [0, 0.1) is 0 Å². The van der Waals surface area contributed by atoms with E-state index in [-0.39, 0.29) is 13.0 Å². The number of hydrogen-bond donors (Lipinski definition) is 3. The summed E-state index contributed by atoms with van der Waals surface area (Å²) in [6.07, 6.45) is 35.8. The van der Waals surface area contributed by atoms with Crippen molar-refractivity contribution in [2.45, 2.75) is 129 Å². The van der Waals surface area contributed by atoms with Crippen LogP contribution >= 0.6 is 7.82 Å². The molecule has 0 heterocycles. The van der Waals surface area contributed by atoms with Gasteiger partial charge >= 0.3 is 19.8 Å². The third-order valence-corrected chi connectivity index (χ3v) is 7.75. The molecule has 11 heteroatoms. The second-order valence-electron chi connectivity index (χ2n) is 11.3. The molecule has 0 aliphatic rings. The molecular weight excluding hydrogens is 621 g/mol. The summed E-state index contributed by atoms with van der Waals surface area (Å²) < 4.78 is 33.0. The Morgan fingerprint density at radius 3 is 1.85 bits per heavy atom. The maximum Gasteiger partial charge on any atom is 0.472 e. The van der Waals surface area contributed by atoms with Gasteiger partial charge in [0, 0.05) is 13.0 Å². The smallest absolute Gasteiger partial charge is 0.472 e. The van der Waals surface area contributed by atoms with Gasteiger partial charge in [0.25, 0.3) is 0 Å². The average Bonchev–Trinajstić information content (AvgIpc) is 3.04. The molecule has 3 unspecified atom stereocenters. The minimum atomic E-state index is -4.63. The Balaban J connectivity index is 4.50. The predicted molar refractivity (Wildman–Crippen MR) is 189 cm³/mol. The van der Waals surface area contributed by atoms with Gasteiger partial charge < -0.3 is 25.2 Å². The molecule has 0 fully saturated rings. The largest absolute Gasteiger partial charge is 0.480 e. The summed E-state index contributed by atoms with van der Waals surface area (Å²) in [6, 6.07) is -1.48. The summed E-state index contributed by atoms with van der Waals surface area (Å²) >= 11 is 0. The van der Waals surface area contributed by atoms with Crippen LogP contribution in [-0.4, -0.2) is 60.5 Å². The zero-order valence-electron chi connectivity index (χ0n) is 28.8. The summed E-state index contributed by atoms with van der Waals surface area (Å²) in [5.74, 6) is -1.88. The molecule has 0 saturated heterocycles. The SMILES string of the molecule is CC/C=C\C/C=C\C/C=C\C/C=C\CCC(=O)OC(COCCCCCCCC/C=C\CCCC)COP(=O)(O)OCC(N)C(=O)O. The zero-order chi connectivity index (χ0) is 34.9. The molecule has 10 nitrogen and oxygen atoms in total. The topological polar surface area (TPSA) is 155 Å². The van der Waals surface area contributed by atoms with Gasteiger partial charge in [0.15, 0.2) is 0 Å². The fraction of sp³-hybridized carbons (Fsp3) is 0.667. The lowest BCUT2D eigenvalue weighted by Gasteiger charge is -2.20. The van der Waals surface area contributed by atoms with Gasteiger partial charge in [-0.25, -0.2) is 4.57 Å². The molecule has 0 amide bonds. The number of hydrogen-bond acceptors (Lipinski definition) is 8. The number of ether oxygens (including phenoxy) is 2. The number of carbonyl (C=O) groups excluding carboxylic acids is 1. The molecule has 0 radical (unpaired) electrons. The number of carbonyl (C=O) groups is 2. The Labute approximate surface area is 283 Å². The number of nitrogens with two attached hydrogens (primary N) is 1. The minimum absolute atomic E-state index is 0.0191. The first-order chi connectivity index (χ1) is 22.7. The number of phosphoric ester groups is 1. The van der Waals surface area contributed by atoms with Gasteiger partial charge in [-0.1, -0.05) is 113 Å². The second-order valence-corrected chi connectivity index (χ2v) is 12.7. The standard InChI is InChI=1S/C36H62NO9P/c1-3-5-7-9-11-13-15-17-18-20-22-24-26-28-35(38)46-33(31-44-47(41,42)45-32-34(37)36(39)40)30-43-29-27-25-23-21-19-16-14-12-10-8-6-4-2/h5,7,10-13,17-18,22,24,33-34H,3-4,6,8-9,14-16,19-21,23,25-32,37H2,1-2H3,(H,39,40)(H,41,42)/b7-5-,12-10-,13-11-,18-17-,24-22-. The van der Waals surface area contributed by atoms with E-state index in [1.807, 2.05) is 12.2 Å². The lowest BCUT2D eigenvalue weighted by atomic mass is 10.1. The van der Waals surface area contributed by atoms with Gasteiger partial charge in [0.2, 0.25) is 0 Å². The van der Waals surface area contributed by atoms with Crippen LogP contribution in [0.25, 0.3) is 0 Å². The first-order valence-electron chi connectivity index (χ1n) is 17.3. The highest BCUT2D eigenvalue weighted by Crippen LogP contribution is 2.43. The van der Waals surface area contributed by atoms with Crippen LogP contribution in [0.4, 0.5) is 0 Å². The normalized spacial score (nSPS) is 15.0. The van der Waals surface area contributed by atoms with Gasteiger partial charge in [-0.15, -0.1) is 0 Å². The number of aliphatic carboxylic acids is 1. The Kier molecular flexibility index (Phi) is 30.6. The molecule has 47 heavy (non-hydrogen) atoms. The minimum Gasteiger partial charge on any atom is -0.480 e. The van der Waals surface area contributed by atoms with E-state index in [4.69, 9.17) is 24.8 Å². The maximum atomic E-state index is 12.5. The molecule has 0 aromatic carbocycles. The first kappa shape index (κ1) is 44.7. The van der Waals surface area contributed by atoms with Crippen molar-refractivity contribution in [2.75, 3.05) is 26.4 Å². The van der Waals surface area contributed by atoms with Crippen molar-refractivity contribution in [2.24, 2.45) is 5.73 Å². The third-order valence-electron chi connectivity index (χ3n) is 6.79. The molecule has 0 bridgehead atoms. The first-order valence-corrected chi connectivity index (χ1v) is 18.8. The van der Waals surface area contributed by atoms with Crippen molar-refractivity contribution < 1.29 is 42.7 Å². The van der Waals surface area contributed by atoms with Crippen molar-refractivity contribution in [3.63, 3.8) is 0 Å². The number of unbranched alkanes of at least 4 members (excludes halogenated alkanes) is 8. The number of esters is 1. The van der Waals surface area contributed by atoms with Crippen molar-refractivity contribution in [1.82, 2.24) is 0 Å². The Hall–Kier alpha value is -2.33. The fourth-order valence-corrected chi connectivity index (χ4v) is 4.84. The van der Waals surface area contributed by atoms with E-state index in [1.165, 1.54) is 38.5 Å². The Morgan fingerprint density at radius 1 is 0.702 bits per heavy atom. The quantitative estimate of drug-likeness (QED) is 0.0272. The summed E-state index contributed by atoms with van der Waals surface area (Å²) in [4.78, 5) is 33.2. The second kappa shape index (κ2) is 32.2. The average molecular weight is 684 g/mol. The van der Waals surface area contributed by atoms with E-state index < -0.39 is 45.1 Å². The Bertz CT molecular complexity index is 978. The van der Waals surface area contributed by atoms with Gasteiger partial charge in [0.05, 0.1) is 19.8 Å². The fourth-order valence-electron chi connectivity index (χ4n) is 4.07. The van der Waals surface area contributed by atoms with E-state index in [9.17, 15) is 19.0 Å². The molecule has 0 rings (SSSR count). The molecule has 0 aliphatic carbocycles. The van der Waals surface area contributed by atoms with Crippen LogP contribution in [0.3, 0.4) is 0 Å². The van der Waals surface area contributed by atoms with Gasteiger partial charge in [0.1, 0.15) is 12.1 Å². The number of carboxylic acids is 1. The summed E-state index contributed by atoms with van der Waals surface area (Å²) in [6.45, 7) is 3.58. The number of rotatable bonds is 32. The van der Waals surface area contributed by atoms with Crippen LogP contribution in [0.2, 0.25) is 0 Å². The zero-order valence-corrected chi connectivity index (χ0v) is 29.7. The van der Waals surface area contributed by atoms with Crippen molar-refractivity contribution >= 4 is 19.8 Å². The summed E-state index contributed by atoms with van der Waals surface area (Å²) in [7, 11) is -4.63. The molecular formula is C36H62NO9P. The van der Waals surface area contributed by atoms with Crippen LogP contribution in [0.5, 0.6) is 0 Å². The van der Waals surface area contributed by atoms with E-state index in [1.54, 1.807) is 0 Å². The molecule has 4 N–H and O–H groups in total. The number of allylic oxidation sites excluding steroid dienone is 10. The van der Waals surface area contributed by atoms with Gasteiger partial charge in [-0.3, -0.25) is 18.6 Å². The summed E-state index contributed by atoms with van der Waals surface area (Å²) in [5, 5.41) is 8.84. The van der Waals surface area contributed by atoms with Gasteiger partial charge in [-0.2, -0.15) is 0 Å². The van der Waals surface area contributed by atoms with Crippen molar-refractivity contribution in [3.05, 3.63) is 60.8 Å². The van der Waals surface area contributed by atoms with Gasteiger partial charge in [-0.05, 0) is 57.8 Å². The van der Waals surface area contributed by atoms with E-state index >= 15 is 0 Å². The molecule has 0 aromatic rings. The Morgan fingerprint density at radius 2 is 1.23 bits per heavy atom. The number of phosphoric acid groups is 1. The van der Waals surface area contributed by atoms with E-state index in [2.05, 4.69) is 67.0 Å². The lowest BCUT2D eigenvalue weighted by Crippen LogP contribution is -2.34.